The third-order valence-electron chi connectivity index (χ3n) is 3.06. The number of rotatable bonds is 5. The first kappa shape index (κ1) is 18.3. The predicted molar refractivity (Wildman–Crippen MR) is 80.4 cm³/mol. The van der Waals surface area contributed by atoms with Crippen LogP contribution in [-0.2, 0) is 11.0 Å². The van der Waals surface area contributed by atoms with Gasteiger partial charge in [0.15, 0.2) is 0 Å². The molecule has 25 heavy (non-hydrogen) atoms. The Bertz CT molecular complexity index is 753. The molecule has 1 heterocycles. The van der Waals surface area contributed by atoms with Crippen LogP contribution in [0.3, 0.4) is 0 Å². The Labute approximate surface area is 139 Å². The molecule has 132 valence electrons. The van der Waals surface area contributed by atoms with E-state index in [1.165, 1.54) is 18.5 Å². The molecule has 0 aliphatic rings. The molecule has 1 aromatic carbocycles. The van der Waals surface area contributed by atoms with Crippen molar-refractivity contribution in [3.05, 3.63) is 54.1 Å². The van der Waals surface area contributed by atoms with Gasteiger partial charge >= 0.3 is 6.18 Å². The molecule has 1 aromatic heterocycles. The van der Waals surface area contributed by atoms with Crippen LogP contribution in [0.25, 0.3) is 0 Å². The summed E-state index contributed by atoms with van der Waals surface area (Å²) >= 11 is 0. The standard InChI is InChI=1S/C15H13F3N4O3/c16-15(17,18)9-2-1-3-10(6-9)21-14(25)12(8-23)22-13(24)11-7-19-4-5-20-11/h1-7,12,23H,8H2,(H,21,25)(H,22,24). The molecular formula is C15H13F3N4O3. The fourth-order valence-corrected chi connectivity index (χ4v) is 1.85. The summed E-state index contributed by atoms with van der Waals surface area (Å²) in [4.78, 5) is 31.4. The maximum Gasteiger partial charge on any atom is 0.416 e. The van der Waals surface area contributed by atoms with Crippen LogP contribution in [0.5, 0.6) is 0 Å². The van der Waals surface area contributed by atoms with Crippen LogP contribution in [0.4, 0.5) is 18.9 Å². The third-order valence-corrected chi connectivity index (χ3v) is 3.06. The molecule has 0 bridgehead atoms. The lowest BCUT2D eigenvalue weighted by molar-refractivity contribution is -0.137. The molecule has 7 nitrogen and oxygen atoms in total. The van der Waals surface area contributed by atoms with Gasteiger partial charge < -0.3 is 15.7 Å². The van der Waals surface area contributed by atoms with Gasteiger partial charge in [-0.15, -0.1) is 0 Å². The number of hydrogen-bond acceptors (Lipinski definition) is 5. The van der Waals surface area contributed by atoms with Gasteiger partial charge in [-0.2, -0.15) is 13.2 Å². The summed E-state index contributed by atoms with van der Waals surface area (Å²) in [5, 5.41) is 13.7. The van der Waals surface area contributed by atoms with Crippen molar-refractivity contribution < 1.29 is 27.9 Å². The van der Waals surface area contributed by atoms with E-state index in [2.05, 4.69) is 20.6 Å². The maximum absolute atomic E-state index is 12.7. The monoisotopic (exact) mass is 354 g/mol. The fraction of sp³-hybridized carbons (Fsp3) is 0.200. The van der Waals surface area contributed by atoms with E-state index in [1.54, 1.807) is 0 Å². The lowest BCUT2D eigenvalue weighted by Gasteiger charge is -2.16. The molecule has 0 aliphatic heterocycles. The van der Waals surface area contributed by atoms with Gasteiger partial charge in [0, 0.05) is 18.1 Å². The van der Waals surface area contributed by atoms with E-state index in [-0.39, 0.29) is 11.4 Å². The minimum absolute atomic E-state index is 0.0761. The SMILES string of the molecule is O=C(NC(CO)C(=O)Nc1cccc(C(F)(F)F)c1)c1cnccn1. The Hall–Kier alpha value is -3.01. The quantitative estimate of drug-likeness (QED) is 0.749. The molecule has 0 saturated carbocycles. The molecule has 0 saturated heterocycles. The van der Waals surface area contributed by atoms with E-state index in [1.807, 2.05) is 0 Å². The van der Waals surface area contributed by atoms with Crippen LogP contribution >= 0.6 is 0 Å². The fourth-order valence-electron chi connectivity index (χ4n) is 1.85. The zero-order chi connectivity index (χ0) is 18.4. The number of nitrogens with one attached hydrogen (secondary N) is 2. The van der Waals surface area contributed by atoms with Gasteiger partial charge in [-0.05, 0) is 18.2 Å². The number of carbonyl (C=O) groups is 2. The number of amides is 2. The summed E-state index contributed by atoms with van der Waals surface area (Å²) in [6.07, 6.45) is -0.780. The van der Waals surface area contributed by atoms with E-state index in [9.17, 15) is 27.9 Å². The molecular weight excluding hydrogens is 341 g/mol. The number of anilines is 1. The average Bonchev–Trinajstić information content (AvgIpc) is 2.59. The first-order chi connectivity index (χ1) is 11.8. The summed E-state index contributed by atoms with van der Waals surface area (Å²) in [5.41, 5.74) is -1.13. The van der Waals surface area contributed by atoms with Crippen molar-refractivity contribution >= 4 is 17.5 Å². The minimum atomic E-state index is -4.56. The average molecular weight is 354 g/mol. The zero-order valence-corrected chi connectivity index (χ0v) is 12.6. The highest BCUT2D eigenvalue weighted by Gasteiger charge is 2.30. The third kappa shape index (κ3) is 4.98. The molecule has 0 fully saturated rings. The molecule has 1 unspecified atom stereocenters. The van der Waals surface area contributed by atoms with Crippen molar-refractivity contribution in [1.29, 1.82) is 0 Å². The number of halogens is 3. The van der Waals surface area contributed by atoms with E-state index < -0.39 is 36.2 Å². The number of aliphatic hydroxyl groups excluding tert-OH is 1. The normalized spacial score (nSPS) is 12.3. The van der Waals surface area contributed by atoms with Crippen molar-refractivity contribution in [3.63, 3.8) is 0 Å². The topological polar surface area (TPSA) is 104 Å². The Balaban J connectivity index is 2.06. The van der Waals surface area contributed by atoms with Gasteiger partial charge in [-0.25, -0.2) is 4.98 Å². The zero-order valence-electron chi connectivity index (χ0n) is 12.6. The Kier molecular flexibility index (Phi) is 5.65. The van der Waals surface area contributed by atoms with E-state index in [0.717, 1.165) is 24.4 Å². The lowest BCUT2D eigenvalue weighted by Crippen LogP contribution is -2.46. The van der Waals surface area contributed by atoms with Crippen molar-refractivity contribution in [2.75, 3.05) is 11.9 Å². The highest BCUT2D eigenvalue weighted by Crippen LogP contribution is 2.30. The van der Waals surface area contributed by atoms with Gasteiger partial charge in [0.25, 0.3) is 5.91 Å². The number of alkyl halides is 3. The number of aromatic nitrogens is 2. The summed E-state index contributed by atoms with van der Waals surface area (Å²) in [7, 11) is 0. The second kappa shape index (κ2) is 7.71. The Morgan fingerprint density at radius 3 is 2.60 bits per heavy atom. The molecule has 2 rings (SSSR count). The molecule has 0 radical (unpaired) electrons. The molecule has 0 spiro atoms. The smallest absolute Gasteiger partial charge is 0.394 e. The summed E-state index contributed by atoms with van der Waals surface area (Å²) in [6.45, 7) is -0.753. The minimum Gasteiger partial charge on any atom is -0.394 e. The second-order valence-electron chi connectivity index (χ2n) is 4.87. The first-order valence-electron chi connectivity index (χ1n) is 6.97. The molecule has 2 amide bonds. The van der Waals surface area contributed by atoms with Crippen LogP contribution in [-0.4, -0.2) is 39.5 Å². The van der Waals surface area contributed by atoms with Crippen LogP contribution in [0, 0.1) is 0 Å². The van der Waals surface area contributed by atoms with Crippen molar-refractivity contribution in [3.8, 4) is 0 Å². The number of nitrogens with zero attached hydrogens (tertiary/aromatic N) is 2. The highest BCUT2D eigenvalue weighted by molar-refractivity contribution is 6.00. The van der Waals surface area contributed by atoms with Gasteiger partial charge in [0.05, 0.1) is 18.4 Å². The molecule has 1 atom stereocenters. The van der Waals surface area contributed by atoms with Gasteiger partial charge in [0.2, 0.25) is 5.91 Å². The van der Waals surface area contributed by atoms with E-state index in [4.69, 9.17) is 0 Å². The predicted octanol–water partition coefficient (Wildman–Crippen LogP) is 1.22. The number of carbonyl (C=O) groups excluding carboxylic acids is 2. The second-order valence-corrected chi connectivity index (χ2v) is 4.87. The van der Waals surface area contributed by atoms with Crippen molar-refractivity contribution in [2.24, 2.45) is 0 Å². The Morgan fingerprint density at radius 1 is 1.24 bits per heavy atom. The van der Waals surface area contributed by atoms with Crippen LogP contribution in [0.15, 0.2) is 42.9 Å². The summed E-state index contributed by atoms with van der Waals surface area (Å²) in [6, 6.07) is 2.62. The van der Waals surface area contributed by atoms with Gasteiger partial charge in [-0.3, -0.25) is 14.6 Å². The lowest BCUT2D eigenvalue weighted by atomic mass is 10.2. The largest absolute Gasteiger partial charge is 0.416 e. The number of aliphatic hydroxyl groups is 1. The molecule has 0 aliphatic carbocycles. The van der Waals surface area contributed by atoms with Crippen molar-refractivity contribution in [2.45, 2.75) is 12.2 Å². The van der Waals surface area contributed by atoms with Gasteiger partial charge in [-0.1, -0.05) is 6.07 Å². The van der Waals surface area contributed by atoms with Crippen LogP contribution < -0.4 is 10.6 Å². The molecule has 2 aromatic rings. The van der Waals surface area contributed by atoms with Crippen molar-refractivity contribution in [1.82, 2.24) is 15.3 Å². The summed E-state index contributed by atoms with van der Waals surface area (Å²) < 4.78 is 38.0. The Morgan fingerprint density at radius 2 is 2.00 bits per heavy atom. The van der Waals surface area contributed by atoms with Crippen LogP contribution in [0.1, 0.15) is 16.1 Å². The highest BCUT2D eigenvalue weighted by atomic mass is 19.4. The van der Waals surface area contributed by atoms with E-state index in [0.29, 0.717) is 0 Å². The molecule has 10 heteroatoms. The number of benzene rings is 1. The first-order valence-corrected chi connectivity index (χ1v) is 6.97. The summed E-state index contributed by atoms with van der Waals surface area (Å²) in [5.74, 6) is -1.63. The molecule has 3 N–H and O–H groups in total. The maximum atomic E-state index is 12.7. The number of hydrogen-bond donors (Lipinski definition) is 3. The van der Waals surface area contributed by atoms with E-state index >= 15 is 0 Å². The van der Waals surface area contributed by atoms with Gasteiger partial charge in [0.1, 0.15) is 11.7 Å². The van der Waals surface area contributed by atoms with Crippen LogP contribution in [0.2, 0.25) is 0 Å².